The predicted octanol–water partition coefficient (Wildman–Crippen LogP) is 3.69. The van der Waals surface area contributed by atoms with E-state index in [1.165, 1.54) is 29.0 Å². The summed E-state index contributed by atoms with van der Waals surface area (Å²) in [6.45, 7) is 1.00. The Morgan fingerprint density at radius 3 is 2.78 bits per heavy atom. The summed E-state index contributed by atoms with van der Waals surface area (Å²) >= 11 is 3.51. The summed E-state index contributed by atoms with van der Waals surface area (Å²) in [5, 5.41) is 5.64. The summed E-state index contributed by atoms with van der Waals surface area (Å²) in [7, 11) is 0. The molecule has 0 amide bonds. The van der Waals surface area contributed by atoms with Crippen molar-refractivity contribution in [3.8, 4) is 0 Å². The van der Waals surface area contributed by atoms with Gasteiger partial charge in [0.15, 0.2) is 0 Å². The fraction of sp³-hybridized carbons (Fsp3) is 0.357. The summed E-state index contributed by atoms with van der Waals surface area (Å²) in [4.78, 5) is 5.61. The highest BCUT2D eigenvalue weighted by atomic mass is 32.2. The third-order valence-electron chi connectivity index (χ3n) is 2.97. The van der Waals surface area contributed by atoms with E-state index in [0.29, 0.717) is 0 Å². The maximum atomic E-state index is 4.29. The number of nitrogens with zero attached hydrogens (tertiary/aromatic N) is 1. The number of rotatable bonds is 6. The van der Waals surface area contributed by atoms with Crippen LogP contribution in [0, 0.1) is 0 Å². The molecule has 4 heteroatoms. The van der Waals surface area contributed by atoms with Crippen molar-refractivity contribution in [2.24, 2.45) is 0 Å². The smallest absolute Gasteiger partial charge is 0.0795 e. The van der Waals surface area contributed by atoms with Gasteiger partial charge < -0.3 is 5.32 Å². The number of thioether (sulfide) groups is 1. The lowest BCUT2D eigenvalue weighted by Crippen LogP contribution is -2.14. The Hall–Kier alpha value is -0.840. The molecule has 94 valence electrons. The maximum Gasteiger partial charge on any atom is 0.0795 e. The molecular weight excluding hydrogens is 260 g/mol. The van der Waals surface area contributed by atoms with Crippen molar-refractivity contribution in [2.75, 3.05) is 0 Å². The van der Waals surface area contributed by atoms with Gasteiger partial charge in [-0.25, -0.2) is 4.98 Å². The Bertz CT molecular complexity index is 475. The van der Waals surface area contributed by atoms with Gasteiger partial charge in [-0.1, -0.05) is 12.1 Å². The van der Waals surface area contributed by atoms with Gasteiger partial charge in [0.2, 0.25) is 0 Å². The van der Waals surface area contributed by atoms with Crippen molar-refractivity contribution in [3.05, 3.63) is 46.4 Å². The molecule has 1 aliphatic carbocycles. The molecule has 1 fully saturated rings. The number of benzene rings is 1. The van der Waals surface area contributed by atoms with Crippen LogP contribution in [0.3, 0.4) is 0 Å². The van der Waals surface area contributed by atoms with Gasteiger partial charge in [0.05, 0.1) is 11.2 Å². The van der Waals surface area contributed by atoms with Crippen molar-refractivity contribution in [2.45, 2.75) is 36.1 Å². The van der Waals surface area contributed by atoms with E-state index in [2.05, 4.69) is 39.9 Å². The van der Waals surface area contributed by atoms with Crippen molar-refractivity contribution in [3.63, 3.8) is 0 Å². The standard InChI is InChI=1S/C14H16N2S2/c1-5-14(18-9-13-8-17-10-16-13)6-2-11(1)7-15-12-3-4-12/h1-2,5-6,8,10,12,15H,3-4,7,9H2. The Kier molecular flexibility index (Phi) is 3.98. The van der Waals surface area contributed by atoms with E-state index in [0.717, 1.165) is 18.3 Å². The van der Waals surface area contributed by atoms with E-state index in [4.69, 9.17) is 0 Å². The van der Waals surface area contributed by atoms with E-state index in [-0.39, 0.29) is 0 Å². The average molecular weight is 276 g/mol. The number of hydrogen-bond acceptors (Lipinski definition) is 4. The molecule has 0 radical (unpaired) electrons. The lowest BCUT2D eigenvalue weighted by atomic mass is 10.2. The maximum absolute atomic E-state index is 4.29. The topological polar surface area (TPSA) is 24.9 Å². The van der Waals surface area contributed by atoms with Gasteiger partial charge in [-0.05, 0) is 30.5 Å². The molecule has 0 aliphatic heterocycles. The van der Waals surface area contributed by atoms with E-state index < -0.39 is 0 Å². The Balaban J connectivity index is 1.50. The van der Waals surface area contributed by atoms with Crippen molar-refractivity contribution in [1.29, 1.82) is 0 Å². The molecule has 0 bridgehead atoms. The molecule has 1 aliphatic rings. The van der Waals surface area contributed by atoms with Crippen LogP contribution < -0.4 is 5.32 Å². The molecule has 0 unspecified atom stereocenters. The Labute approximate surface area is 116 Å². The number of nitrogens with one attached hydrogen (secondary N) is 1. The number of thiazole rings is 1. The molecular formula is C14H16N2S2. The van der Waals surface area contributed by atoms with Crippen LogP contribution in [0.4, 0.5) is 0 Å². The second-order valence-corrected chi connectivity index (χ2v) is 6.34. The molecule has 2 aromatic rings. The minimum atomic E-state index is 0.781. The van der Waals surface area contributed by atoms with E-state index >= 15 is 0 Å². The first kappa shape index (κ1) is 12.2. The van der Waals surface area contributed by atoms with E-state index in [1.807, 2.05) is 17.3 Å². The lowest BCUT2D eigenvalue weighted by Gasteiger charge is -2.04. The Morgan fingerprint density at radius 2 is 2.11 bits per heavy atom. The number of aromatic nitrogens is 1. The van der Waals surface area contributed by atoms with Gasteiger partial charge in [0, 0.05) is 28.6 Å². The van der Waals surface area contributed by atoms with Crippen LogP contribution in [0.2, 0.25) is 0 Å². The number of hydrogen-bond donors (Lipinski definition) is 1. The second-order valence-electron chi connectivity index (χ2n) is 4.57. The summed E-state index contributed by atoms with van der Waals surface area (Å²) in [6.07, 6.45) is 2.70. The zero-order chi connectivity index (χ0) is 12.2. The van der Waals surface area contributed by atoms with Crippen LogP contribution in [0.5, 0.6) is 0 Å². The minimum Gasteiger partial charge on any atom is -0.310 e. The van der Waals surface area contributed by atoms with Gasteiger partial charge in [-0.3, -0.25) is 0 Å². The highest BCUT2D eigenvalue weighted by molar-refractivity contribution is 7.98. The fourth-order valence-corrected chi connectivity index (χ4v) is 3.18. The summed E-state index contributed by atoms with van der Waals surface area (Å²) in [6, 6.07) is 9.64. The summed E-state index contributed by atoms with van der Waals surface area (Å²) in [5.41, 5.74) is 4.44. The van der Waals surface area contributed by atoms with Crippen LogP contribution >= 0.6 is 23.1 Å². The molecule has 1 saturated carbocycles. The lowest BCUT2D eigenvalue weighted by molar-refractivity contribution is 0.687. The van der Waals surface area contributed by atoms with Gasteiger partial charge >= 0.3 is 0 Å². The second kappa shape index (κ2) is 5.87. The molecule has 0 atom stereocenters. The van der Waals surface area contributed by atoms with E-state index in [1.54, 1.807) is 11.3 Å². The molecule has 3 rings (SSSR count). The largest absolute Gasteiger partial charge is 0.310 e. The van der Waals surface area contributed by atoms with Gasteiger partial charge in [0.1, 0.15) is 0 Å². The highest BCUT2D eigenvalue weighted by Gasteiger charge is 2.19. The third kappa shape index (κ3) is 3.57. The van der Waals surface area contributed by atoms with Crippen LogP contribution in [0.15, 0.2) is 40.1 Å². The van der Waals surface area contributed by atoms with Crippen molar-refractivity contribution >= 4 is 23.1 Å². The quantitative estimate of drug-likeness (QED) is 0.815. The first-order chi connectivity index (χ1) is 8.90. The highest BCUT2D eigenvalue weighted by Crippen LogP contribution is 2.23. The fourth-order valence-electron chi connectivity index (χ4n) is 1.72. The molecule has 1 heterocycles. The molecule has 0 spiro atoms. The first-order valence-electron chi connectivity index (χ1n) is 6.22. The summed E-state index contributed by atoms with van der Waals surface area (Å²) in [5.74, 6) is 0.961. The van der Waals surface area contributed by atoms with Crippen LogP contribution in [-0.4, -0.2) is 11.0 Å². The van der Waals surface area contributed by atoms with Crippen molar-refractivity contribution < 1.29 is 0 Å². The molecule has 2 nitrogen and oxygen atoms in total. The Morgan fingerprint density at radius 1 is 1.28 bits per heavy atom. The van der Waals surface area contributed by atoms with Crippen molar-refractivity contribution in [1.82, 2.24) is 10.3 Å². The van der Waals surface area contributed by atoms with Crippen LogP contribution in [0.25, 0.3) is 0 Å². The van der Waals surface area contributed by atoms with Gasteiger partial charge in [0.25, 0.3) is 0 Å². The molecule has 1 N–H and O–H groups in total. The molecule has 18 heavy (non-hydrogen) atoms. The van der Waals surface area contributed by atoms with Gasteiger partial charge in [-0.15, -0.1) is 23.1 Å². The normalized spacial score (nSPS) is 14.9. The molecule has 0 saturated heterocycles. The SMILES string of the molecule is c1nc(CSc2ccc(CNC3CC3)cc2)cs1. The summed E-state index contributed by atoms with van der Waals surface area (Å²) < 4.78 is 0. The predicted molar refractivity (Wildman–Crippen MR) is 78.0 cm³/mol. The van der Waals surface area contributed by atoms with Crippen LogP contribution in [0.1, 0.15) is 24.1 Å². The molecule has 1 aromatic carbocycles. The first-order valence-corrected chi connectivity index (χ1v) is 8.15. The van der Waals surface area contributed by atoms with E-state index in [9.17, 15) is 0 Å². The van der Waals surface area contributed by atoms with Gasteiger partial charge in [-0.2, -0.15) is 0 Å². The third-order valence-corrected chi connectivity index (χ3v) is 4.65. The average Bonchev–Trinajstić information content (AvgIpc) is 3.09. The van der Waals surface area contributed by atoms with Crippen LogP contribution in [-0.2, 0) is 12.3 Å². The molecule has 1 aromatic heterocycles. The minimum absolute atomic E-state index is 0.781. The zero-order valence-corrected chi connectivity index (χ0v) is 11.8. The monoisotopic (exact) mass is 276 g/mol. The zero-order valence-electron chi connectivity index (χ0n) is 10.1.